The summed E-state index contributed by atoms with van der Waals surface area (Å²) in [6.45, 7) is 3.69. The van der Waals surface area contributed by atoms with E-state index in [1.807, 2.05) is 19.1 Å². The van der Waals surface area contributed by atoms with Crippen LogP contribution in [-0.2, 0) is 11.2 Å². The largest absolute Gasteiger partial charge is 0.349 e. The normalized spacial score (nSPS) is 12.1. The van der Waals surface area contributed by atoms with Crippen molar-refractivity contribution in [3.63, 3.8) is 0 Å². The topological polar surface area (TPSA) is 29.1 Å². The minimum absolute atomic E-state index is 0.436. The van der Waals surface area contributed by atoms with E-state index in [1.165, 1.54) is 0 Å². The number of hydrogen-bond donors (Lipinski definition) is 1. The minimum Gasteiger partial charge on any atom is -0.349 e. The Morgan fingerprint density at radius 1 is 0.920 bits per heavy atom. The molecule has 0 bridgehead atoms. The van der Waals surface area contributed by atoms with Crippen LogP contribution in [0.1, 0.15) is 36.1 Å². The van der Waals surface area contributed by atoms with E-state index >= 15 is 0 Å². The summed E-state index contributed by atoms with van der Waals surface area (Å²) in [6.07, 6.45) is -0.458. The predicted molar refractivity (Wildman–Crippen MR) is 82.3 cm³/mol. The molecule has 0 saturated carbocycles. The SMILES string of the molecule is CC[C@H](NC(=O)Cc1c(F)c(F)c(F)c(F)c1F)c1ccc(C)cc1. The standard InChI is InChI=1S/C18H16F5NO/c1-3-12(10-6-4-9(2)5-7-10)24-13(25)8-11-14(19)16(21)18(23)17(22)15(11)20/h4-7,12H,3,8H2,1-2H3,(H,24,25)/t12-/m0/s1. The molecule has 2 rings (SSSR count). The number of aryl methyl sites for hydroxylation is 1. The molecule has 1 atom stereocenters. The molecule has 2 nitrogen and oxygen atoms in total. The van der Waals surface area contributed by atoms with Crippen molar-refractivity contribution in [3.8, 4) is 0 Å². The molecule has 0 heterocycles. The monoisotopic (exact) mass is 357 g/mol. The first kappa shape index (κ1) is 18.9. The van der Waals surface area contributed by atoms with E-state index in [4.69, 9.17) is 0 Å². The lowest BCUT2D eigenvalue weighted by molar-refractivity contribution is -0.121. The third-order valence-corrected chi connectivity index (χ3v) is 3.86. The molecule has 1 N–H and O–H groups in total. The molecule has 0 aliphatic heterocycles. The van der Waals surface area contributed by atoms with E-state index < -0.39 is 53.0 Å². The summed E-state index contributed by atoms with van der Waals surface area (Å²) >= 11 is 0. The van der Waals surface area contributed by atoms with Crippen molar-refractivity contribution >= 4 is 5.91 Å². The highest BCUT2D eigenvalue weighted by molar-refractivity contribution is 5.79. The van der Waals surface area contributed by atoms with Gasteiger partial charge in [0.2, 0.25) is 11.7 Å². The van der Waals surface area contributed by atoms with Crippen molar-refractivity contribution in [1.29, 1.82) is 0 Å². The highest BCUT2D eigenvalue weighted by Crippen LogP contribution is 2.24. The summed E-state index contributed by atoms with van der Waals surface area (Å²) in [6, 6.07) is 6.83. The summed E-state index contributed by atoms with van der Waals surface area (Å²) in [4.78, 5) is 12.1. The van der Waals surface area contributed by atoms with Gasteiger partial charge >= 0.3 is 0 Å². The van der Waals surface area contributed by atoms with Crippen LogP contribution in [0.3, 0.4) is 0 Å². The van der Waals surface area contributed by atoms with Gasteiger partial charge in [0.15, 0.2) is 23.3 Å². The maximum absolute atomic E-state index is 13.6. The molecule has 0 fully saturated rings. The van der Waals surface area contributed by atoms with Crippen LogP contribution in [0, 0.1) is 36.0 Å². The molecule has 0 unspecified atom stereocenters. The highest BCUT2D eigenvalue weighted by Gasteiger charge is 2.27. The van der Waals surface area contributed by atoms with Crippen LogP contribution in [0.15, 0.2) is 24.3 Å². The smallest absolute Gasteiger partial charge is 0.225 e. The van der Waals surface area contributed by atoms with Crippen LogP contribution in [0.5, 0.6) is 0 Å². The number of carbonyl (C=O) groups is 1. The molecule has 0 aliphatic carbocycles. The van der Waals surface area contributed by atoms with Gasteiger partial charge in [-0.3, -0.25) is 4.79 Å². The van der Waals surface area contributed by atoms with Crippen molar-refractivity contribution in [3.05, 3.63) is 70.0 Å². The van der Waals surface area contributed by atoms with Crippen molar-refractivity contribution in [2.45, 2.75) is 32.7 Å². The average molecular weight is 357 g/mol. The maximum atomic E-state index is 13.6. The number of hydrogen-bond acceptors (Lipinski definition) is 1. The molecule has 25 heavy (non-hydrogen) atoms. The minimum atomic E-state index is -2.25. The molecule has 0 saturated heterocycles. The summed E-state index contributed by atoms with van der Waals surface area (Å²) < 4.78 is 66.7. The Morgan fingerprint density at radius 3 is 1.88 bits per heavy atom. The van der Waals surface area contributed by atoms with Gasteiger partial charge in [0, 0.05) is 5.56 Å². The fourth-order valence-corrected chi connectivity index (χ4v) is 2.43. The molecule has 0 aliphatic rings. The third-order valence-electron chi connectivity index (χ3n) is 3.86. The first-order valence-corrected chi connectivity index (χ1v) is 7.62. The first-order chi connectivity index (χ1) is 11.8. The quantitative estimate of drug-likeness (QED) is 0.476. The molecule has 7 heteroatoms. The van der Waals surface area contributed by atoms with Gasteiger partial charge < -0.3 is 5.32 Å². The van der Waals surface area contributed by atoms with Crippen molar-refractivity contribution < 1.29 is 26.7 Å². The van der Waals surface area contributed by atoms with E-state index in [9.17, 15) is 26.7 Å². The Bertz CT molecular complexity index is 760. The van der Waals surface area contributed by atoms with Gasteiger partial charge in [-0.25, -0.2) is 22.0 Å². The second-order valence-corrected chi connectivity index (χ2v) is 5.66. The number of halogens is 5. The lowest BCUT2D eigenvalue weighted by atomic mass is 10.0. The fourth-order valence-electron chi connectivity index (χ4n) is 2.43. The van der Waals surface area contributed by atoms with Gasteiger partial charge in [-0.15, -0.1) is 0 Å². The van der Waals surface area contributed by atoms with Gasteiger partial charge in [-0.05, 0) is 18.9 Å². The molecular weight excluding hydrogens is 341 g/mol. The van der Waals surface area contributed by atoms with Gasteiger partial charge in [-0.1, -0.05) is 36.8 Å². The Morgan fingerprint density at radius 2 is 1.40 bits per heavy atom. The number of benzene rings is 2. The van der Waals surface area contributed by atoms with Crippen LogP contribution in [0.4, 0.5) is 22.0 Å². The molecule has 134 valence electrons. The van der Waals surface area contributed by atoms with Crippen LogP contribution < -0.4 is 5.32 Å². The Labute approximate surface area is 141 Å². The number of amides is 1. The summed E-state index contributed by atoms with van der Waals surface area (Å²) in [5, 5.41) is 2.55. The van der Waals surface area contributed by atoms with Gasteiger partial charge in [0.25, 0.3) is 0 Å². The van der Waals surface area contributed by atoms with Crippen LogP contribution in [0.25, 0.3) is 0 Å². The van der Waals surface area contributed by atoms with Gasteiger partial charge in [0.1, 0.15) is 0 Å². The van der Waals surface area contributed by atoms with Crippen molar-refractivity contribution in [1.82, 2.24) is 5.32 Å². The van der Waals surface area contributed by atoms with Crippen molar-refractivity contribution in [2.75, 3.05) is 0 Å². The molecule has 0 radical (unpaired) electrons. The number of rotatable bonds is 5. The molecule has 2 aromatic rings. The lowest BCUT2D eigenvalue weighted by Gasteiger charge is -2.18. The number of nitrogens with one attached hydrogen (secondary N) is 1. The highest BCUT2D eigenvalue weighted by atomic mass is 19.2. The second-order valence-electron chi connectivity index (χ2n) is 5.66. The third kappa shape index (κ3) is 3.97. The van der Waals surface area contributed by atoms with Crippen LogP contribution in [-0.4, -0.2) is 5.91 Å². The van der Waals surface area contributed by atoms with Crippen molar-refractivity contribution in [2.24, 2.45) is 0 Å². The zero-order valence-corrected chi connectivity index (χ0v) is 13.6. The fraction of sp³-hybridized carbons (Fsp3) is 0.278. The van der Waals surface area contributed by atoms with Crippen LogP contribution in [0.2, 0.25) is 0 Å². The molecule has 0 aromatic heterocycles. The lowest BCUT2D eigenvalue weighted by Crippen LogP contribution is -2.30. The van der Waals surface area contributed by atoms with E-state index in [-0.39, 0.29) is 0 Å². The summed E-state index contributed by atoms with van der Waals surface area (Å²) in [5.74, 6) is -11.2. The van der Waals surface area contributed by atoms with E-state index in [2.05, 4.69) is 5.32 Å². The zero-order chi connectivity index (χ0) is 18.7. The first-order valence-electron chi connectivity index (χ1n) is 7.62. The zero-order valence-electron chi connectivity index (χ0n) is 13.6. The number of carbonyl (C=O) groups excluding carboxylic acids is 1. The molecule has 2 aromatic carbocycles. The Kier molecular flexibility index (Phi) is 5.77. The van der Waals surface area contributed by atoms with Crippen LogP contribution >= 0.6 is 0 Å². The second kappa shape index (κ2) is 7.63. The van der Waals surface area contributed by atoms with E-state index in [0.29, 0.717) is 6.42 Å². The maximum Gasteiger partial charge on any atom is 0.225 e. The van der Waals surface area contributed by atoms with Gasteiger partial charge in [-0.2, -0.15) is 0 Å². The molecule has 1 amide bonds. The predicted octanol–water partition coefficient (Wildman–Crippen LogP) is 4.50. The molecule has 0 spiro atoms. The summed E-state index contributed by atoms with van der Waals surface area (Å²) in [7, 11) is 0. The molecular formula is C18H16F5NO. The average Bonchev–Trinajstić information content (AvgIpc) is 2.60. The Balaban J connectivity index is 2.21. The van der Waals surface area contributed by atoms with E-state index in [1.54, 1.807) is 19.1 Å². The van der Waals surface area contributed by atoms with Gasteiger partial charge in [0.05, 0.1) is 12.5 Å². The Hall–Kier alpha value is -2.44. The van der Waals surface area contributed by atoms with E-state index in [0.717, 1.165) is 11.1 Å². The summed E-state index contributed by atoms with van der Waals surface area (Å²) in [5.41, 5.74) is 0.651.